The number of thiophene rings is 1. The molecular weight excluding hydrogens is 286 g/mol. The van der Waals surface area contributed by atoms with Crippen LogP contribution >= 0.6 is 11.3 Å². The molecule has 0 spiro atoms. The molecule has 2 heterocycles. The Morgan fingerprint density at radius 1 is 1.57 bits per heavy atom. The zero-order valence-corrected chi connectivity index (χ0v) is 12.4. The first kappa shape index (κ1) is 15.0. The van der Waals surface area contributed by atoms with Crippen LogP contribution in [0.4, 0.5) is 0 Å². The highest BCUT2D eigenvalue weighted by Gasteiger charge is 2.16. The Morgan fingerprint density at radius 3 is 3.10 bits per heavy atom. The zero-order valence-electron chi connectivity index (χ0n) is 11.5. The lowest BCUT2D eigenvalue weighted by molar-refractivity contribution is 0.0782. The van der Waals surface area contributed by atoms with E-state index in [2.05, 4.69) is 16.8 Å². The van der Waals surface area contributed by atoms with Gasteiger partial charge in [0.2, 0.25) is 0 Å². The van der Waals surface area contributed by atoms with Crippen molar-refractivity contribution in [3.63, 3.8) is 0 Å². The number of aromatic nitrogens is 1. The summed E-state index contributed by atoms with van der Waals surface area (Å²) in [6, 6.07) is 3.43. The fourth-order valence-electron chi connectivity index (χ4n) is 1.78. The molecule has 2 aromatic heterocycles. The zero-order chi connectivity index (χ0) is 15.2. The highest BCUT2D eigenvalue weighted by molar-refractivity contribution is 7.10. The molecule has 0 aliphatic heterocycles. The van der Waals surface area contributed by atoms with Crippen molar-refractivity contribution < 1.29 is 9.90 Å². The van der Waals surface area contributed by atoms with Gasteiger partial charge in [0.05, 0.1) is 23.2 Å². The normalized spacial score (nSPS) is 9.81. The first-order valence-electron chi connectivity index (χ1n) is 6.26. The smallest absolute Gasteiger partial charge is 0.257 e. The van der Waals surface area contributed by atoms with Crippen molar-refractivity contribution >= 4 is 17.2 Å². The second-order valence-corrected chi connectivity index (χ2v) is 5.29. The Kier molecular flexibility index (Phi) is 4.93. The summed E-state index contributed by atoms with van der Waals surface area (Å²) >= 11 is 1.52. The summed E-state index contributed by atoms with van der Waals surface area (Å²) in [4.78, 5) is 18.5. The summed E-state index contributed by atoms with van der Waals surface area (Å²) in [6.07, 6.45) is 2.73. The van der Waals surface area contributed by atoms with Crippen molar-refractivity contribution in [1.82, 2.24) is 9.88 Å². The molecule has 0 atom stereocenters. The van der Waals surface area contributed by atoms with Crippen LogP contribution in [0.5, 0.6) is 5.75 Å². The largest absolute Gasteiger partial charge is 0.505 e. The van der Waals surface area contributed by atoms with Crippen molar-refractivity contribution in [1.29, 1.82) is 0 Å². The minimum absolute atomic E-state index is 0.117. The van der Waals surface area contributed by atoms with Gasteiger partial charge in [0, 0.05) is 19.8 Å². The van der Waals surface area contributed by atoms with Crippen LogP contribution in [0.1, 0.15) is 20.8 Å². The van der Waals surface area contributed by atoms with Gasteiger partial charge in [0.25, 0.3) is 5.91 Å². The Labute approximate surface area is 127 Å². The van der Waals surface area contributed by atoms with E-state index in [1.807, 2.05) is 11.4 Å². The van der Waals surface area contributed by atoms with Crippen LogP contribution in [-0.2, 0) is 6.54 Å². The summed E-state index contributed by atoms with van der Waals surface area (Å²) < 4.78 is 0. The van der Waals surface area contributed by atoms with Gasteiger partial charge >= 0.3 is 0 Å². The average Bonchev–Trinajstić information content (AvgIpc) is 2.92. The molecule has 21 heavy (non-hydrogen) atoms. The lowest BCUT2D eigenvalue weighted by atomic mass is 10.2. The summed E-state index contributed by atoms with van der Waals surface area (Å²) in [5.74, 6) is 5.38. The van der Waals surface area contributed by atoms with E-state index in [1.54, 1.807) is 7.05 Å². The number of carbonyl (C=O) groups is 1. The number of rotatable bonds is 3. The lowest BCUT2D eigenvalue weighted by Gasteiger charge is -2.16. The van der Waals surface area contributed by atoms with E-state index in [1.165, 1.54) is 34.7 Å². The van der Waals surface area contributed by atoms with Crippen LogP contribution in [0.2, 0.25) is 0 Å². The molecule has 6 heteroatoms. The molecule has 2 rings (SSSR count). The number of pyridine rings is 1. The van der Waals surface area contributed by atoms with E-state index in [4.69, 9.17) is 5.73 Å². The molecule has 0 unspecified atom stereocenters. The third kappa shape index (κ3) is 3.81. The maximum atomic E-state index is 12.2. The molecule has 3 N–H and O–H groups in total. The van der Waals surface area contributed by atoms with E-state index in [-0.39, 0.29) is 17.2 Å². The summed E-state index contributed by atoms with van der Waals surface area (Å²) in [7, 11) is 1.69. The monoisotopic (exact) mass is 301 g/mol. The molecule has 0 fully saturated rings. The van der Waals surface area contributed by atoms with Crippen LogP contribution in [0.3, 0.4) is 0 Å². The fourth-order valence-corrected chi connectivity index (χ4v) is 2.55. The molecule has 0 saturated carbocycles. The minimum Gasteiger partial charge on any atom is -0.505 e. The molecular formula is C15H15N3O2S. The van der Waals surface area contributed by atoms with Crippen LogP contribution in [-0.4, -0.2) is 34.5 Å². The van der Waals surface area contributed by atoms with Crippen LogP contribution in [0.15, 0.2) is 29.9 Å². The highest BCUT2D eigenvalue weighted by Crippen LogP contribution is 2.19. The van der Waals surface area contributed by atoms with Crippen molar-refractivity contribution in [2.24, 2.45) is 5.73 Å². The van der Waals surface area contributed by atoms with Gasteiger partial charge in [0.1, 0.15) is 5.75 Å². The predicted molar refractivity (Wildman–Crippen MR) is 82.0 cm³/mol. The Hall–Kier alpha value is -2.36. The molecule has 0 bridgehead atoms. The molecule has 0 aliphatic carbocycles. The number of hydrogen-bond acceptors (Lipinski definition) is 5. The molecule has 0 saturated heterocycles. The van der Waals surface area contributed by atoms with Crippen LogP contribution in [0.25, 0.3) is 0 Å². The second kappa shape index (κ2) is 6.88. The maximum Gasteiger partial charge on any atom is 0.257 e. The van der Waals surface area contributed by atoms with Crippen molar-refractivity contribution in [2.75, 3.05) is 13.6 Å². The average molecular weight is 301 g/mol. The summed E-state index contributed by atoms with van der Waals surface area (Å²) in [5.41, 5.74) is 6.56. The first-order chi connectivity index (χ1) is 10.1. The quantitative estimate of drug-likeness (QED) is 0.841. The van der Waals surface area contributed by atoms with Gasteiger partial charge in [-0.15, -0.1) is 11.3 Å². The minimum atomic E-state index is -0.254. The number of hydrogen-bond donors (Lipinski definition) is 2. The summed E-state index contributed by atoms with van der Waals surface area (Å²) in [6.45, 7) is 0.772. The Balaban J connectivity index is 2.07. The van der Waals surface area contributed by atoms with Crippen LogP contribution < -0.4 is 5.73 Å². The Bertz CT molecular complexity index is 700. The van der Waals surface area contributed by atoms with E-state index < -0.39 is 0 Å². The van der Waals surface area contributed by atoms with Crippen molar-refractivity contribution in [3.05, 3.63) is 45.9 Å². The molecule has 0 radical (unpaired) electrons. The topological polar surface area (TPSA) is 79.5 Å². The number of aromatic hydroxyl groups is 1. The summed E-state index contributed by atoms with van der Waals surface area (Å²) in [5, 5.41) is 11.6. The third-order valence-electron chi connectivity index (χ3n) is 2.76. The number of amides is 1. The standard InChI is InChI=1S/C15H15N3O2S/c1-18(15(20)13-4-6-17-8-14(13)19)9-11-7-12(21-10-11)3-2-5-16/h4,6-8,10,19H,5,9,16H2,1H3. The van der Waals surface area contributed by atoms with Gasteiger partial charge in [-0.1, -0.05) is 11.8 Å². The van der Waals surface area contributed by atoms with Gasteiger partial charge in [0.15, 0.2) is 0 Å². The fraction of sp³-hybridized carbons (Fsp3) is 0.200. The van der Waals surface area contributed by atoms with E-state index in [0.29, 0.717) is 13.1 Å². The second-order valence-electron chi connectivity index (χ2n) is 4.38. The van der Waals surface area contributed by atoms with Gasteiger partial charge in [-0.3, -0.25) is 9.78 Å². The van der Waals surface area contributed by atoms with Crippen molar-refractivity contribution in [3.8, 4) is 17.6 Å². The molecule has 108 valence electrons. The first-order valence-corrected chi connectivity index (χ1v) is 7.14. The number of nitrogens with two attached hydrogens (primary N) is 1. The molecule has 0 aromatic carbocycles. The SMILES string of the molecule is CN(Cc1csc(C#CCN)c1)C(=O)c1ccncc1O. The maximum absolute atomic E-state index is 12.2. The van der Waals surface area contributed by atoms with E-state index >= 15 is 0 Å². The van der Waals surface area contributed by atoms with E-state index in [9.17, 15) is 9.90 Å². The number of carbonyl (C=O) groups excluding carboxylic acids is 1. The van der Waals surface area contributed by atoms with E-state index in [0.717, 1.165) is 10.4 Å². The van der Waals surface area contributed by atoms with Gasteiger partial charge < -0.3 is 15.7 Å². The molecule has 0 aliphatic rings. The predicted octanol–water partition coefficient (Wildman–Crippen LogP) is 1.43. The third-order valence-corrected chi connectivity index (χ3v) is 3.66. The van der Waals surface area contributed by atoms with Gasteiger partial charge in [-0.05, 0) is 23.1 Å². The molecule has 5 nitrogen and oxygen atoms in total. The molecule has 2 aromatic rings. The lowest BCUT2D eigenvalue weighted by Crippen LogP contribution is -2.26. The number of nitrogens with zero attached hydrogens (tertiary/aromatic N) is 2. The molecule has 1 amide bonds. The van der Waals surface area contributed by atoms with Gasteiger partial charge in [-0.2, -0.15) is 0 Å². The van der Waals surface area contributed by atoms with Gasteiger partial charge in [-0.25, -0.2) is 0 Å². The van der Waals surface area contributed by atoms with Crippen molar-refractivity contribution in [2.45, 2.75) is 6.54 Å². The highest BCUT2D eigenvalue weighted by atomic mass is 32.1. The Morgan fingerprint density at radius 2 is 2.38 bits per heavy atom. The van der Waals surface area contributed by atoms with Crippen LogP contribution in [0, 0.1) is 11.8 Å².